The number of rotatable bonds is 15. The van der Waals surface area contributed by atoms with Gasteiger partial charge < -0.3 is 38.7 Å². The lowest BCUT2D eigenvalue weighted by Gasteiger charge is -2.42. The molecule has 5 aromatic carbocycles. The van der Waals surface area contributed by atoms with Crippen molar-refractivity contribution in [1.29, 1.82) is 0 Å². The Hall–Kier alpha value is -6.68. The van der Waals surface area contributed by atoms with Crippen molar-refractivity contribution < 1.29 is 46.8 Å². The Morgan fingerprint density at radius 1 is 0.671 bits per heavy atom. The third-order valence-electron chi connectivity index (χ3n) is 14.0. The zero-order chi connectivity index (χ0) is 52.6. The van der Waals surface area contributed by atoms with E-state index in [1.807, 2.05) is 30.3 Å². The van der Waals surface area contributed by atoms with Gasteiger partial charge in [-0.1, -0.05) is 76.9 Å². The fourth-order valence-corrected chi connectivity index (χ4v) is 16.3. The summed E-state index contributed by atoms with van der Waals surface area (Å²) in [6, 6.07) is 18.8. The first-order valence-electron chi connectivity index (χ1n) is 23.9. The molecule has 382 valence electrons. The van der Waals surface area contributed by atoms with E-state index in [2.05, 4.69) is 51.8 Å². The largest absolute Gasteiger partial charge is 0.541 e. The number of nitrogens with zero attached hydrogens (tertiary/aromatic N) is 3. The lowest BCUT2D eigenvalue weighted by molar-refractivity contribution is 0.0763. The Kier molecular flexibility index (Phi) is 15.4. The van der Waals surface area contributed by atoms with Gasteiger partial charge in [0.05, 0.1) is 56.2 Å². The normalized spacial score (nSPS) is 13.1. The molecule has 0 aliphatic carbocycles. The number of carbonyl (C=O) groups is 2. The first-order valence-corrected chi connectivity index (χ1v) is 26.8. The van der Waals surface area contributed by atoms with Crippen molar-refractivity contribution >= 4 is 65.1 Å². The van der Waals surface area contributed by atoms with Crippen LogP contribution in [0.1, 0.15) is 101 Å². The number of ether oxygens (including phenoxy) is 4. The smallest absolute Gasteiger partial charge is 0.258 e. The van der Waals surface area contributed by atoms with Gasteiger partial charge in [0.1, 0.15) is 51.4 Å². The summed E-state index contributed by atoms with van der Waals surface area (Å²) in [6.45, 7) is 14.3. The zero-order valence-corrected chi connectivity index (χ0v) is 44.9. The summed E-state index contributed by atoms with van der Waals surface area (Å²) in [6.07, 6.45) is 4.38. The van der Waals surface area contributed by atoms with Crippen LogP contribution < -0.4 is 28.7 Å². The quantitative estimate of drug-likeness (QED) is 0.0953. The first-order chi connectivity index (χ1) is 34.8. The maximum Gasteiger partial charge on any atom is 0.258 e. The zero-order valence-electron chi connectivity index (χ0n) is 42.4. The molecule has 2 N–H and O–H groups in total. The fourth-order valence-electron chi connectivity index (χ4n) is 10.6. The van der Waals surface area contributed by atoms with Crippen molar-refractivity contribution in [3.8, 4) is 34.5 Å². The molecular formula is C56H58Cl2F2N4O8Si. The number of aromatic nitrogens is 2. The average Bonchev–Trinajstić information content (AvgIpc) is 3.91. The molecule has 0 bridgehead atoms. The van der Waals surface area contributed by atoms with E-state index < -0.39 is 20.0 Å². The average molecular weight is 1050 g/mol. The maximum absolute atomic E-state index is 14.5. The number of fused-ring (bicyclic) bond motifs is 4. The standard InChI is InChI=1S/C37H44ClFN2O5Si.C19H14ClFN2O3/c1-21(2)47(22(3)4,23(5)6)46-36-33-29(20-41(37(33)42)19-26-11-12-27(43-7)17-32(26)44-8)35(45-9)28-15-25(18-40-34(28)36)14-24-10-13-31(39)30(38)16-24;1-26-18-11-5-10(4-9-2-3-14(21)13(20)6-9)7-22-16(11)17(24)15-12(18)8-23-19(15)25/h10-13,15-18,21-23H,14,19-20H2,1-9H3;2-3,5-7,24H,4,8H2,1H3,(H,23,25). The van der Waals surface area contributed by atoms with Crippen LogP contribution in [0.2, 0.25) is 26.7 Å². The van der Waals surface area contributed by atoms with Gasteiger partial charge in [-0.3, -0.25) is 19.6 Å². The number of halogens is 4. The van der Waals surface area contributed by atoms with Crippen molar-refractivity contribution in [2.75, 3.05) is 28.4 Å². The van der Waals surface area contributed by atoms with Crippen LogP contribution in [0.4, 0.5) is 8.78 Å². The fraction of sp³-hybridized carbons (Fsp3) is 0.321. The molecule has 2 aliphatic rings. The maximum atomic E-state index is 14.5. The van der Waals surface area contributed by atoms with Crippen LogP contribution in [0.15, 0.2) is 79.1 Å². The monoisotopic (exact) mass is 1050 g/mol. The predicted molar refractivity (Wildman–Crippen MR) is 283 cm³/mol. The van der Waals surface area contributed by atoms with Crippen molar-refractivity contribution in [1.82, 2.24) is 20.2 Å². The molecule has 0 unspecified atom stereocenters. The van der Waals surface area contributed by atoms with E-state index in [0.717, 1.165) is 38.8 Å². The van der Waals surface area contributed by atoms with E-state index in [9.17, 15) is 23.5 Å². The molecule has 17 heteroatoms. The number of aromatic hydroxyl groups is 1. The molecule has 0 atom stereocenters. The second-order valence-electron chi connectivity index (χ2n) is 19.2. The third-order valence-corrected chi connectivity index (χ3v) is 20.5. The predicted octanol–water partition coefficient (Wildman–Crippen LogP) is 12.9. The van der Waals surface area contributed by atoms with Crippen molar-refractivity contribution in [2.45, 2.75) is 90.6 Å². The summed E-state index contributed by atoms with van der Waals surface area (Å²) in [5.41, 5.74) is 8.10. The van der Waals surface area contributed by atoms with Gasteiger partial charge in [-0.2, -0.15) is 0 Å². The van der Waals surface area contributed by atoms with E-state index in [1.54, 1.807) is 62.9 Å². The Morgan fingerprint density at radius 2 is 1.22 bits per heavy atom. The summed E-state index contributed by atoms with van der Waals surface area (Å²) in [4.78, 5) is 37.5. The Labute approximate surface area is 434 Å². The number of pyridine rings is 2. The van der Waals surface area contributed by atoms with Crippen LogP contribution in [-0.2, 0) is 32.5 Å². The van der Waals surface area contributed by atoms with Gasteiger partial charge in [-0.05, 0) is 100 Å². The van der Waals surface area contributed by atoms with Gasteiger partial charge in [-0.25, -0.2) is 8.78 Å². The van der Waals surface area contributed by atoms with Crippen molar-refractivity contribution in [3.05, 3.63) is 151 Å². The number of hydrogen-bond donors (Lipinski definition) is 2. The molecule has 2 amide bonds. The number of amides is 2. The highest BCUT2D eigenvalue weighted by Gasteiger charge is 2.49. The van der Waals surface area contributed by atoms with E-state index in [0.29, 0.717) is 88.8 Å². The van der Waals surface area contributed by atoms with Crippen LogP contribution in [-0.4, -0.2) is 68.5 Å². The number of benzene rings is 5. The number of hydrogen-bond acceptors (Lipinski definition) is 10. The van der Waals surface area contributed by atoms with Crippen LogP contribution in [0.5, 0.6) is 34.5 Å². The highest BCUT2D eigenvalue weighted by atomic mass is 35.5. The minimum absolute atomic E-state index is 0.0638. The van der Waals surface area contributed by atoms with Crippen LogP contribution in [0.25, 0.3) is 21.8 Å². The summed E-state index contributed by atoms with van der Waals surface area (Å²) in [7, 11) is 3.82. The van der Waals surface area contributed by atoms with Crippen LogP contribution in [0.3, 0.4) is 0 Å². The minimum Gasteiger partial charge on any atom is -0.541 e. The van der Waals surface area contributed by atoms with Crippen molar-refractivity contribution in [2.24, 2.45) is 0 Å². The highest BCUT2D eigenvalue weighted by molar-refractivity contribution is 6.78. The summed E-state index contributed by atoms with van der Waals surface area (Å²) in [5, 5.41) is 14.7. The summed E-state index contributed by atoms with van der Waals surface area (Å²) in [5.74, 6) is 1.39. The molecule has 0 saturated heterocycles. The van der Waals surface area contributed by atoms with E-state index >= 15 is 0 Å². The SMILES string of the molecule is COc1c2c(c(O)c3ncc(Cc4ccc(F)c(Cl)c4)cc13)C(=O)NC2.COc1ccc(CN2Cc3c(c(O[Si](C(C)C)(C(C)C)C(C)C)c4ncc(Cc5ccc(F)c(Cl)c5)cc4c3OC)C2=O)c(OC)c1. The number of nitrogens with one attached hydrogen (secondary N) is 1. The number of phenols is 1. The molecule has 7 aromatic rings. The lowest BCUT2D eigenvalue weighted by atomic mass is 9.99. The van der Waals surface area contributed by atoms with Crippen molar-refractivity contribution in [3.63, 3.8) is 0 Å². The molecule has 0 spiro atoms. The third kappa shape index (κ3) is 9.94. The summed E-state index contributed by atoms with van der Waals surface area (Å²) >= 11 is 11.9. The summed E-state index contributed by atoms with van der Waals surface area (Å²) < 4.78 is 57.2. The van der Waals surface area contributed by atoms with Gasteiger partial charge in [0.15, 0.2) is 5.75 Å². The lowest BCUT2D eigenvalue weighted by Crippen LogP contribution is -2.51. The highest BCUT2D eigenvalue weighted by Crippen LogP contribution is 2.50. The number of carbonyl (C=O) groups excluding carboxylic acids is 2. The number of phenolic OH excluding ortho intramolecular Hbond substituents is 1. The van der Waals surface area contributed by atoms with Crippen LogP contribution >= 0.6 is 23.2 Å². The Bertz CT molecular complexity index is 3280. The van der Waals surface area contributed by atoms with Gasteiger partial charge in [0.25, 0.3) is 20.1 Å². The first kappa shape index (κ1) is 52.6. The second kappa shape index (κ2) is 21.4. The minimum atomic E-state index is -2.53. The van der Waals surface area contributed by atoms with Gasteiger partial charge >= 0.3 is 0 Å². The van der Waals surface area contributed by atoms with E-state index in [-0.39, 0.29) is 49.8 Å². The van der Waals surface area contributed by atoms with E-state index in [4.69, 9.17) is 51.6 Å². The molecule has 4 heterocycles. The molecule has 2 aliphatic heterocycles. The molecule has 0 saturated carbocycles. The Morgan fingerprint density at radius 3 is 1.74 bits per heavy atom. The molecule has 2 aromatic heterocycles. The molecule has 12 nitrogen and oxygen atoms in total. The topological polar surface area (TPSA) is 142 Å². The second-order valence-corrected chi connectivity index (χ2v) is 25.4. The van der Waals surface area contributed by atoms with Gasteiger partial charge in [0, 0.05) is 59.0 Å². The molecule has 73 heavy (non-hydrogen) atoms. The molecule has 9 rings (SSSR count). The number of methoxy groups -OCH3 is 4. The molecular weight excluding hydrogens is 994 g/mol. The van der Waals surface area contributed by atoms with Gasteiger partial charge in [0.2, 0.25) is 0 Å². The Balaban J connectivity index is 0.000000229. The molecule has 0 fully saturated rings. The molecule has 0 radical (unpaired) electrons. The van der Waals surface area contributed by atoms with Crippen LogP contribution in [0, 0.1) is 11.6 Å². The van der Waals surface area contributed by atoms with E-state index in [1.165, 1.54) is 19.2 Å². The van der Waals surface area contributed by atoms with Gasteiger partial charge in [-0.15, -0.1) is 0 Å².